The zero-order valence-electron chi connectivity index (χ0n) is 13.8. The van der Waals surface area contributed by atoms with Crippen molar-refractivity contribution >= 4 is 44.9 Å². The van der Waals surface area contributed by atoms with Crippen molar-refractivity contribution in [1.29, 1.82) is 0 Å². The van der Waals surface area contributed by atoms with E-state index in [0.29, 0.717) is 5.75 Å². The normalized spacial score (nSPS) is 10.2. The van der Waals surface area contributed by atoms with Crippen LogP contribution in [-0.4, -0.2) is 17.6 Å². The topological polar surface area (TPSA) is 50.4 Å². The Morgan fingerprint density at radius 2 is 1.88 bits per heavy atom. The molecular weight excluding hydrogens is 388 g/mol. The summed E-state index contributed by atoms with van der Waals surface area (Å²) in [6.07, 6.45) is 0. The Bertz CT molecular complexity index is 778. The molecule has 2 aromatic rings. The predicted octanol–water partition coefficient (Wildman–Crippen LogP) is 4.27. The third kappa shape index (κ3) is 5.32. The number of carbonyl (C=O) groups is 1. The van der Waals surface area contributed by atoms with Crippen LogP contribution in [-0.2, 0) is 4.79 Å². The summed E-state index contributed by atoms with van der Waals surface area (Å²) in [7, 11) is 0. The van der Waals surface area contributed by atoms with Crippen LogP contribution in [0.15, 0.2) is 40.9 Å². The largest absolute Gasteiger partial charge is 0.484 e. The SMILES string of the molecule is Cc1ccc(NC(=S)NC(=O)COc2ccc(Br)c(C)c2)c(C)c1. The van der Waals surface area contributed by atoms with Gasteiger partial charge in [-0.1, -0.05) is 33.6 Å². The maximum Gasteiger partial charge on any atom is 0.264 e. The van der Waals surface area contributed by atoms with Crippen molar-refractivity contribution in [2.24, 2.45) is 0 Å². The molecule has 0 spiro atoms. The molecule has 0 aliphatic rings. The first-order chi connectivity index (χ1) is 11.3. The molecule has 0 radical (unpaired) electrons. The second-order valence-corrected chi connectivity index (χ2v) is 6.78. The van der Waals surface area contributed by atoms with Crippen molar-refractivity contribution in [2.45, 2.75) is 20.8 Å². The lowest BCUT2D eigenvalue weighted by Crippen LogP contribution is -2.37. The van der Waals surface area contributed by atoms with Crippen LogP contribution in [0, 0.1) is 20.8 Å². The number of aryl methyl sites for hydroxylation is 3. The first-order valence-electron chi connectivity index (χ1n) is 7.42. The Morgan fingerprint density at radius 3 is 2.54 bits per heavy atom. The Kier molecular flexibility index (Phi) is 6.34. The van der Waals surface area contributed by atoms with Gasteiger partial charge >= 0.3 is 0 Å². The van der Waals surface area contributed by atoms with E-state index in [2.05, 4.69) is 26.6 Å². The number of amides is 1. The van der Waals surface area contributed by atoms with Gasteiger partial charge < -0.3 is 10.1 Å². The molecule has 0 atom stereocenters. The van der Waals surface area contributed by atoms with E-state index in [0.717, 1.165) is 21.3 Å². The monoisotopic (exact) mass is 406 g/mol. The zero-order chi connectivity index (χ0) is 17.7. The van der Waals surface area contributed by atoms with Crippen molar-refractivity contribution in [3.8, 4) is 5.75 Å². The fourth-order valence-corrected chi connectivity index (χ4v) is 2.60. The van der Waals surface area contributed by atoms with Crippen molar-refractivity contribution in [3.05, 3.63) is 57.6 Å². The summed E-state index contributed by atoms with van der Waals surface area (Å²) >= 11 is 8.59. The molecule has 0 aliphatic carbocycles. The maximum atomic E-state index is 11.9. The van der Waals surface area contributed by atoms with Crippen LogP contribution < -0.4 is 15.4 Å². The van der Waals surface area contributed by atoms with Crippen molar-refractivity contribution in [2.75, 3.05) is 11.9 Å². The fourth-order valence-electron chi connectivity index (χ4n) is 2.13. The van der Waals surface area contributed by atoms with Crippen LogP contribution in [0.4, 0.5) is 5.69 Å². The highest BCUT2D eigenvalue weighted by atomic mass is 79.9. The first kappa shape index (κ1) is 18.4. The summed E-state index contributed by atoms with van der Waals surface area (Å²) in [4.78, 5) is 11.9. The zero-order valence-corrected chi connectivity index (χ0v) is 16.2. The van der Waals surface area contributed by atoms with Gasteiger partial charge in [-0.2, -0.15) is 0 Å². The Balaban J connectivity index is 1.85. The molecule has 2 N–H and O–H groups in total. The first-order valence-corrected chi connectivity index (χ1v) is 8.62. The Labute approximate surface area is 155 Å². The number of carbonyl (C=O) groups excluding carboxylic acids is 1. The van der Waals surface area contributed by atoms with Gasteiger partial charge in [0.1, 0.15) is 5.75 Å². The number of hydrogen-bond acceptors (Lipinski definition) is 3. The molecule has 0 saturated heterocycles. The molecule has 0 aliphatic heterocycles. The molecule has 4 nitrogen and oxygen atoms in total. The summed E-state index contributed by atoms with van der Waals surface area (Å²) < 4.78 is 6.47. The predicted molar refractivity (Wildman–Crippen MR) is 105 cm³/mol. The molecule has 24 heavy (non-hydrogen) atoms. The molecular formula is C18H19BrN2O2S. The molecule has 2 rings (SSSR count). The van der Waals surface area contributed by atoms with E-state index in [9.17, 15) is 4.79 Å². The lowest BCUT2D eigenvalue weighted by Gasteiger charge is -2.13. The van der Waals surface area contributed by atoms with Crippen LogP contribution in [0.25, 0.3) is 0 Å². The molecule has 6 heteroatoms. The van der Waals surface area contributed by atoms with Crippen LogP contribution in [0.5, 0.6) is 5.75 Å². The molecule has 0 aromatic heterocycles. The summed E-state index contributed by atoms with van der Waals surface area (Å²) in [5.41, 5.74) is 4.15. The third-order valence-corrected chi connectivity index (χ3v) is 4.48. The number of halogens is 1. The molecule has 0 bridgehead atoms. The smallest absolute Gasteiger partial charge is 0.264 e. The van der Waals surface area contributed by atoms with Crippen LogP contribution in [0.2, 0.25) is 0 Å². The fraction of sp³-hybridized carbons (Fsp3) is 0.222. The number of hydrogen-bond donors (Lipinski definition) is 2. The molecule has 0 unspecified atom stereocenters. The minimum Gasteiger partial charge on any atom is -0.484 e. The number of anilines is 1. The third-order valence-electron chi connectivity index (χ3n) is 3.38. The van der Waals surface area contributed by atoms with Crippen LogP contribution in [0.1, 0.15) is 16.7 Å². The van der Waals surface area contributed by atoms with Gasteiger partial charge in [0.25, 0.3) is 5.91 Å². The maximum absolute atomic E-state index is 11.9. The summed E-state index contributed by atoms with van der Waals surface area (Å²) in [6.45, 7) is 5.87. The van der Waals surface area contributed by atoms with Gasteiger partial charge in [0.05, 0.1) is 0 Å². The van der Waals surface area contributed by atoms with Crippen molar-refractivity contribution in [1.82, 2.24) is 5.32 Å². The van der Waals surface area contributed by atoms with Gasteiger partial charge in [-0.25, -0.2) is 0 Å². The summed E-state index contributed by atoms with van der Waals surface area (Å²) in [6, 6.07) is 11.5. The lowest BCUT2D eigenvalue weighted by molar-refractivity contribution is -0.121. The van der Waals surface area contributed by atoms with E-state index < -0.39 is 0 Å². The average Bonchev–Trinajstić information content (AvgIpc) is 2.51. The van der Waals surface area contributed by atoms with Crippen LogP contribution in [0.3, 0.4) is 0 Å². The van der Waals surface area contributed by atoms with Gasteiger partial charge in [0.15, 0.2) is 11.7 Å². The molecule has 1 amide bonds. The van der Waals surface area contributed by atoms with Gasteiger partial charge in [0, 0.05) is 10.2 Å². The quantitative estimate of drug-likeness (QED) is 0.744. The number of ether oxygens (including phenoxy) is 1. The Morgan fingerprint density at radius 1 is 1.12 bits per heavy atom. The highest BCUT2D eigenvalue weighted by Gasteiger charge is 2.08. The van der Waals surface area contributed by atoms with Gasteiger partial charge in [-0.15, -0.1) is 0 Å². The second kappa shape index (κ2) is 8.26. The average molecular weight is 407 g/mol. The molecule has 126 valence electrons. The molecule has 0 fully saturated rings. The summed E-state index contributed by atoms with van der Waals surface area (Å²) in [5.74, 6) is 0.331. The number of benzene rings is 2. The lowest BCUT2D eigenvalue weighted by atomic mass is 10.1. The molecule has 0 heterocycles. The van der Waals surface area contributed by atoms with Gasteiger partial charge in [-0.3, -0.25) is 10.1 Å². The minimum absolute atomic E-state index is 0.101. The van der Waals surface area contributed by atoms with Gasteiger partial charge in [0.2, 0.25) is 0 Å². The molecule has 0 saturated carbocycles. The van der Waals surface area contributed by atoms with Crippen molar-refractivity contribution in [3.63, 3.8) is 0 Å². The highest BCUT2D eigenvalue weighted by Crippen LogP contribution is 2.21. The highest BCUT2D eigenvalue weighted by molar-refractivity contribution is 9.10. The van der Waals surface area contributed by atoms with E-state index in [1.807, 2.05) is 51.1 Å². The standard InChI is InChI=1S/C18H19BrN2O2S/c1-11-4-7-16(13(3)8-11)20-18(24)21-17(22)10-23-14-5-6-15(19)12(2)9-14/h4-9H,10H2,1-3H3,(H2,20,21,22,24). The number of thiocarbonyl (C=S) groups is 1. The van der Waals surface area contributed by atoms with Crippen molar-refractivity contribution < 1.29 is 9.53 Å². The van der Waals surface area contributed by atoms with E-state index in [-0.39, 0.29) is 17.6 Å². The number of nitrogens with one attached hydrogen (secondary N) is 2. The summed E-state index contributed by atoms with van der Waals surface area (Å²) in [5, 5.41) is 5.89. The van der Waals surface area contributed by atoms with E-state index in [1.54, 1.807) is 6.07 Å². The van der Waals surface area contributed by atoms with E-state index in [1.165, 1.54) is 5.56 Å². The minimum atomic E-state index is -0.308. The van der Waals surface area contributed by atoms with E-state index >= 15 is 0 Å². The van der Waals surface area contributed by atoms with Gasteiger partial charge in [-0.05, 0) is 68.4 Å². The Hall–Kier alpha value is -1.92. The molecule has 2 aromatic carbocycles. The van der Waals surface area contributed by atoms with E-state index in [4.69, 9.17) is 17.0 Å². The number of rotatable bonds is 4. The second-order valence-electron chi connectivity index (χ2n) is 5.52. The van der Waals surface area contributed by atoms with Crippen LogP contribution >= 0.6 is 28.1 Å².